The van der Waals surface area contributed by atoms with E-state index in [1.807, 2.05) is 0 Å². The third-order valence-electron chi connectivity index (χ3n) is 2.60. The van der Waals surface area contributed by atoms with E-state index in [0.29, 0.717) is 5.16 Å². The number of nitrogens with two attached hydrogens (primary N) is 1. The molecule has 0 saturated heterocycles. The molecule has 5 nitrogen and oxygen atoms in total. The summed E-state index contributed by atoms with van der Waals surface area (Å²) in [5.74, 6) is -1.51. The lowest BCUT2D eigenvalue weighted by Crippen LogP contribution is -2.20. The van der Waals surface area contributed by atoms with Crippen molar-refractivity contribution in [1.29, 1.82) is 0 Å². The molecular formula is C12H12F2N4OS. The summed E-state index contributed by atoms with van der Waals surface area (Å²) in [7, 11) is 0. The van der Waals surface area contributed by atoms with Crippen LogP contribution in [0.2, 0.25) is 0 Å². The second-order valence-electron chi connectivity index (χ2n) is 3.83. The number of aromatic nitrogens is 2. The normalized spacial score (nSPS) is 10.6. The number of nitrogens with zero attached hydrogens (tertiary/aromatic N) is 1. The lowest BCUT2D eigenvalue weighted by molar-refractivity contribution is 0.590. The van der Waals surface area contributed by atoms with E-state index in [9.17, 15) is 13.6 Å². The summed E-state index contributed by atoms with van der Waals surface area (Å²) in [6.45, 7) is -0.102. The van der Waals surface area contributed by atoms with E-state index in [-0.39, 0.29) is 23.6 Å². The molecule has 0 bridgehead atoms. The number of thioether (sulfide) groups is 1. The highest BCUT2D eigenvalue weighted by atomic mass is 32.2. The third-order valence-corrected chi connectivity index (χ3v) is 3.18. The zero-order valence-electron chi connectivity index (χ0n) is 10.5. The predicted octanol–water partition coefficient (Wildman–Crippen LogP) is 1.97. The van der Waals surface area contributed by atoms with Gasteiger partial charge < -0.3 is 16.0 Å². The van der Waals surface area contributed by atoms with Gasteiger partial charge in [0.25, 0.3) is 5.56 Å². The molecule has 20 heavy (non-hydrogen) atoms. The topological polar surface area (TPSA) is 83.8 Å². The van der Waals surface area contributed by atoms with Crippen LogP contribution in [0.25, 0.3) is 0 Å². The van der Waals surface area contributed by atoms with E-state index < -0.39 is 17.2 Å². The number of benzene rings is 1. The molecule has 4 N–H and O–H groups in total. The van der Waals surface area contributed by atoms with E-state index >= 15 is 0 Å². The van der Waals surface area contributed by atoms with Crippen LogP contribution >= 0.6 is 11.8 Å². The van der Waals surface area contributed by atoms with Crippen molar-refractivity contribution in [2.24, 2.45) is 5.73 Å². The van der Waals surface area contributed by atoms with Gasteiger partial charge in [-0.3, -0.25) is 4.79 Å². The van der Waals surface area contributed by atoms with Crippen LogP contribution in [0, 0.1) is 11.6 Å². The van der Waals surface area contributed by atoms with Crippen LogP contribution < -0.4 is 16.6 Å². The van der Waals surface area contributed by atoms with E-state index in [4.69, 9.17) is 5.73 Å². The van der Waals surface area contributed by atoms with E-state index in [1.54, 1.807) is 6.26 Å². The standard InChI is InChI=1S/C12H12F2N4OS/c1-20-12-17-10(6(5-15)11(19)18-12)16-9-7(13)3-2-4-8(9)14/h2-4H,5,15H2,1H3,(H2,16,17,18,19). The SMILES string of the molecule is CSc1nc(Nc2c(F)cccc2F)c(CN)c(=O)[nH]1. The van der Waals surface area contributed by atoms with Crippen LogP contribution in [0.3, 0.4) is 0 Å². The van der Waals surface area contributed by atoms with Gasteiger partial charge in [0.05, 0.1) is 5.56 Å². The van der Waals surface area contributed by atoms with Crippen molar-refractivity contribution >= 4 is 23.3 Å². The average Bonchev–Trinajstić information content (AvgIpc) is 2.42. The fourth-order valence-electron chi connectivity index (χ4n) is 1.60. The molecule has 8 heteroatoms. The van der Waals surface area contributed by atoms with E-state index in [2.05, 4.69) is 15.3 Å². The maximum atomic E-state index is 13.6. The van der Waals surface area contributed by atoms with Gasteiger partial charge in [0.15, 0.2) is 5.16 Å². The molecule has 1 aromatic heterocycles. The van der Waals surface area contributed by atoms with Gasteiger partial charge >= 0.3 is 0 Å². The Morgan fingerprint density at radius 3 is 2.60 bits per heavy atom. The van der Waals surface area contributed by atoms with E-state index in [0.717, 1.165) is 12.1 Å². The highest BCUT2D eigenvalue weighted by Crippen LogP contribution is 2.23. The Kier molecular flexibility index (Phi) is 4.35. The first-order chi connectivity index (χ1) is 9.56. The van der Waals surface area contributed by atoms with Crippen molar-refractivity contribution in [3.63, 3.8) is 0 Å². The number of para-hydroxylation sites is 1. The van der Waals surface area contributed by atoms with Crippen LogP contribution in [-0.4, -0.2) is 16.2 Å². The minimum atomic E-state index is -0.777. The van der Waals surface area contributed by atoms with Crippen LogP contribution in [0.1, 0.15) is 5.56 Å². The number of rotatable bonds is 4. The second kappa shape index (κ2) is 6.02. The number of aromatic amines is 1. The molecular weight excluding hydrogens is 286 g/mol. The fraction of sp³-hybridized carbons (Fsp3) is 0.167. The zero-order valence-corrected chi connectivity index (χ0v) is 11.4. The average molecular weight is 298 g/mol. The molecule has 1 aromatic carbocycles. The molecule has 2 aromatic rings. The Balaban J connectivity index is 2.52. The molecule has 1 heterocycles. The van der Waals surface area contributed by atoms with Gasteiger partial charge in [-0.15, -0.1) is 0 Å². The molecule has 0 amide bonds. The summed E-state index contributed by atoms with van der Waals surface area (Å²) < 4.78 is 27.2. The smallest absolute Gasteiger partial charge is 0.258 e. The summed E-state index contributed by atoms with van der Waals surface area (Å²) in [5.41, 5.74) is 4.80. The highest BCUT2D eigenvalue weighted by Gasteiger charge is 2.14. The number of anilines is 2. The summed E-state index contributed by atoms with van der Waals surface area (Å²) >= 11 is 1.20. The van der Waals surface area contributed by atoms with Gasteiger partial charge in [0, 0.05) is 6.54 Å². The molecule has 106 valence electrons. The Labute approximate surface area is 117 Å². The molecule has 0 aliphatic heterocycles. The Bertz CT molecular complexity index is 669. The van der Waals surface area contributed by atoms with E-state index in [1.165, 1.54) is 17.8 Å². The first-order valence-corrected chi connectivity index (χ1v) is 6.87. The minimum absolute atomic E-state index is 0.0459. The minimum Gasteiger partial charge on any atom is -0.335 e. The molecule has 0 saturated carbocycles. The van der Waals surface area contributed by atoms with Crippen molar-refractivity contribution in [1.82, 2.24) is 9.97 Å². The number of nitrogens with one attached hydrogen (secondary N) is 2. The number of H-pyrrole nitrogens is 1. The third kappa shape index (κ3) is 2.81. The van der Waals surface area contributed by atoms with Gasteiger partial charge in [-0.1, -0.05) is 17.8 Å². The van der Waals surface area contributed by atoms with Gasteiger partial charge in [0.1, 0.15) is 23.1 Å². The Morgan fingerprint density at radius 2 is 2.05 bits per heavy atom. The van der Waals surface area contributed by atoms with Crippen LogP contribution in [0.4, 0.5) is 20.3 Å². The summed E-state index contributed by atoms with van der Waals surface area (Å²) in [5, 5.41) is 2.83. The number of hydrogen-bond donors (Lipinski definition) is 3. The largest absolute Gasteiger partial charge is 0.335 e. The second-order valence-corrected chi connectivity index (χ2v) is 4.62. The summed E-state index contributed by atoms with van der Waals surface area (Å²) in [6, 6.07) is 3.46. The zero-order chi connectivity index (χ0) is 14.7. The van der Waals surface area contributed by atoms with Crippen LogP contribution in [-0.2, 0) is 6.54 Å². The maximum absolute atomic E-state index is 13.6. The van der Waals surface area contributed by atoms with Crippen molar-refractivity contribution < 1.29 is 8.78 Å². The van der Waals surface area contributed by atoms with Gasteiger partial charge in [0.2, 0.25) is 0 Å². The van der Waals surface area contributed by atoms with Gasteiger partial charge in [-0.05, 0) is 18.4 Å². The molecule has 0 spiro atoms. The lowest BCUT2D eigenvalue weighted by atomic mass is 10.2. The maximum Gasteiger partial charge on any atom is 0.258 e. The highest BCUT2D eigenvalue weighted by molar-refractivity contribution is 7.98. The van der Waals surface area contributed by atoms with Crippen LogP contribution in [0.15, 0.2) is 28.2 Å². The molecule has 0 unspecified atom stereocenters. The van der Waals surface area contributed by atoms with Gasteiger partial charge in [-0.2, -0.15) is 0 Å². The quantitative estimate of drug-likeness (QED) is 0.594. The van der Waals surface area contributed by atoms with Crippen molar-refractivity contribution in [2.75, 3.05) is 11.6 Å². The number of hydrogen-bond acceptors (Lipinski definition) is 5. The predicted molar refractivity (Wildman–Crippen MR) is 74.2 cm³/mol. The monoisotopic (exact) mass is 298 g/mol. The molecule has 0 aliphatic carbocycles. The molecule has 0 aliphatic rings. The summed E-state index contributed by atoms with van der Waals surface area (Å²) in [6.07, 6.45) is 1.72. The Hall–Kier alpha value is -1.93. The molecule has 0 atom stereocenters. The first kappa shape index (κ1) is 14.5. The fourth-order valence-corrected chi connectivity index (χ4v) is 1.98. The van der Waals surface area contributed by atoms with Crippen LogP contribution in [0.5, 0.6) is 0 Å². The van der Waals surface area contributed by atoms with Crippen molar-refractivity contribution in [2.45, 2.75) is 11.7 Å². The lowest BCUT2D eigenvalue weighted by Gasteiger charge is -2.11. The molecule has 2 rings (SSSR count). The van der Waals surface area contributed by atoms with Gasteiger partial charge in [-0.25, -0.2) is 13.8 Å². The number of halogens is 2. The van der Waals surface area contributed by atoms with Crippen molar-refractivity contribution in [3.8, 4) is 0 Å². The summed E-state index contributed by atoms with van der Waals surface area (Å²) in [4.78, 5) is 18.4. The Morgan fingerprint density at radius 1 is 1.40 bits per heavy atom. The molecule has 0 fully saturated rings. The molecule has 0 radical (unpaired) electrons. The van der Waals surface area contributed by atoms with Crippen molar-refractivity contribution in [3.05, 3.63) is 45.8 Å². The first-order valence-electron chi connectivity index (χ1n) is 5.65.